The summed E-state index contributed by atoms with van der Waals surface area (Å²) in [4.78, 5) is 12.9. The average molecular weight is 365 g/mol. The van der Waals surface area contributed by atoms with Gasteiger partial charge >= 0.3 is 0 Å². The molecular formula is C24H32N2O. The number of fused-ring (bicyclic) bond motifs is 3. The Balaban J connectivity index is 2.05. The highest BCUT2D eigenvalue weighted by atomic mass is 16.1. The molecule has 0 aliphatic heterocycles. The van der Waals surface area contributed by atoms with E-state index in [0.717, 1.165) is 55.3 Å². The van der Waals surface area contributed by atoms with E-state index in [-0.39, 0.29) is 5.91 Å². The van der Waals surface area contributed by atoms with Crippen LogP contribution in [0.15, 0.2) is 42.5 Å². The average Bonchev–Trinajstić information content (AvgIpc) is 2.98. The Morgan fingerprint density at radius 1 is 1.07 bits per heavy atom. The summed E-state index contributed by atoms with van der Waals surface area (Å²) in [5.41, 5.74) is 11.2. The second kappa shape index (κ2) is 8.26. The van der Waals surface area contributed by atoms with Crippen LogP contribution in [0.4, 0.5) is 0 Å². The zero-order valence-corrected chi connectivity index (χ0v) is 16.8. The molecule has 27 heavy (non-hydrogen) atoms. The van der Waals surface area contributed by atoms with E-state index in [0.29, 0.717) is 6.04 Å². The van der Waals surface area contributed by atoms with Crippen molar-refractivity contribution in [2.24, 2.45) is 5.73 Å². The fourth-order valence-corrected chi connectivity index (χ4v) is 4.49. The number of carbonyl (C=O) groups excluding carboxylic acids is 1. The van der Waals surface area contributed by atoms with Crippen LogP contribution in [0.1, 0.15) is 63.1 Å². The van der Waals surface area contributed by atoms with Crippen molar-refractivity contribution >= 4 is 5.91 Å². The molecule has 0 aromatic heterocycles. The first-order chi connectivity index (χ1) is 13.1. The lowest BCUT2D eigenvalue weighted by atomic mass is 9.73. The van der Waals surface area contributed by atoms with Crippen molar-refractivity contribution in [3.63, 3.8) is 0 Å². The topological polar surface area (TPSA) is 55.1 Å². The molecule has 1 aliphatic carbocycles. The molecule has 2 aromatic rings. The number of primary amides is 1. The third-order valence-corrected chi connectivity index (χ3v) is 6.09. The zero-order chi connectivity index (χ0) is 19.4. The highest BCUT2D eigenvalue weighted by molar-refractivity contribution is 5.99. The Kier molecular flexibility index (Phi) is 6.01. The summed E-state index contributed by atoms with van der Waals surface area (Å²) in [6, 6.07) is 15.2. The number of amides is 1. The minimum absolute atomic E-state index is 0.233. The number of nitrogens with two attached hydrogens (primary N) is 1. The number of carbonyl (C=O) groups is 1. The standard InChI is InChI=1S/C24H32N2O/c1-4-15-26-18(6-3)13-14-24(23(25)27)21-10-8-7-9-19(21)20-16-17(5-2)11-12-22(20)24/h7-12,16,18,26H,4-6,13-15H2,1-3H3,(H2,25,27). The van der Waals surface area contributed by atoms with Crippen molar-refractivity contribution in [2.75, 3.05) is 6.54 Å². The molecule has 0 radical (unpaired) electrons. The highest BCUT2D eigenvalue weighted by Gasteiger charge is 2.47. The van der Waals surface area contributed by atoms with Gasteiger partial charge in [0.05, 0.1) is 5.41 Å². The molecule has 144 valence electrons. The molecule has 2 aromatic carbocycles. The summed E-state index contributed by atoms with van der Waals surface area (Å²) in [6.45, 7) is 7.55. The van der Waals surface area contributed by atoms with Crippen LogP contribution in [0.3, 0.4) is 0 Å². The van der Waals surface area contributed by atoms with Gasteiger partial charge in [0.1, 0.15) is 0 Å². The minimum atomic E-state index is -0.723. The smallest absolute Gasteiger partial charge is 0.232 e. The van der Waals surface area contributed by atoms with Gasteiger partial charge < -0.3 is 11.1 Å². The third-order valence-electron chi connectivity index (χ3n) is 6.09. The van der Waals surface area contributed by atoms with Crippen LogP contribution in [-0.2, 0) is 16.6 Å². The summed E-state index contributed by atoms with van der Waals surface area (Å²) >= 11 is 0. The van der Waals surface area contributed by atoms with Gasteiger partial charge in [0.25, 0.3) is 0 Å². The molecule has 0 spiro atoms. The molecule has 3 N–H and O–H groups in total. The number of benzene rings is 2. The van der Waals surface area contributed by atoms with E-state index in [1.165, 1.54) is 11.1 Å². The van der Waals surface area contributed by atoms with Gasteiger partial charge in [-0.3, -0.25) is 4.79 Å². The molecule has 2 atom stereocenters. The Hall–Kier alpha value is -2.13. The maximum Gasteiger partial charge on any atom is 0.232 e. The van der Waals surface area contributed by atoms with E-state index < -0.39 is 5.41 Å². The van der Waals surface area contributed by atoms with Crippen molar-refractivity contribution in [1.29, 1.82) is 0 Å². The summed E-state index contributed by atoms with van der Waals surface area (Å²) in [6.07, 6.45) is 4.83. The van der Waals surface area contributed by atoms with Crippen molar-refractivity contribution in [1.82, 2.24) is 5.32 Å². The molecule has 1 amide bonds. The summed E-state index contributed by atoms with van der Waals surface area (Å²) in [5, 5.41) is 3.61. The van der Waals surface area contributed by atoms with Gasteiger partial charge in [-0.05, 0) is 66.5 Å². The van der Waals surface area contributed by atoms with E-state index in [9.17, 15) is 4.79 Å². The van der Waals surface area contributed by atoms with Crippen molar-refractivity contribution < 1.29 is 4.79 Å². The van der Waals surface area contributed by atoms with Crippen LogP contribution in [0.25, 0.3) is 11.1 Å². The monoisotopic (exact) mass is 364 g/mol. The van der Waals surface area contributed by atoms with Gasteiger partial charge in [0, 0.05) is 6.04 Å². The van der Waals surface area contributed by atoms with E-state index in [1.54, 1.807) is 0 Å². The van der Waals surface area contributed by atoms with Crippen LogP contribution in [-0.4, -0.2) is 18.5 Å². The molecule has 3 rings (SSSR count). The SMILES string of the molecule is CCCNC(CC)CCC1(C(N)=O)c2ccccc2-c2cc(CC)ccc21. The van der Waals surface area contributed by atoms with Gasteiger partial charge in [0.15, 0.2) is 0 Å². The molecule has 2 unspecified atom stereocenters. The van der Waals surface area contributed by atoms with Crippen LogP contribution in [0.2, 0.25) is 0 Å². The largest absolute Gasteiger partial charge is 0.369 e. The first kappa shape index (κ1) is 19.6. The van der Waals surface area contributed by atoms with E-state index in [4.69, 9.17) is 5.73 Å². The van der Waals surface area contributed by atoms with Crippen molar-refractivity contribution in [2.45, 2.75) is 64.3 Å². The molecule has 1 aliphatic rings. The van der Waals surface area contributed by atoms with Gasteiger partial charge in [-0.1, -0.05) is 63.2 Å². The molecule has 3 nitrogen and oxygen atoms in total. The lowest BCUT2D eigenvalue weighted by molar-refractivity contribution is -0.122. The molecule has 0 saturated carbocycles. The first-order valence-corrected chi connectivity index (χ1v) is 10.3. The molecular weight excluding hydrogens is 332 g/mol. The minimum Gasteiger partial charge on any atom is -0.369 e. The predicted molar refractivity (Wildman–Crippen MR) is 113 cm³/mol. The zero-order valence-electron chi connectivity index (χ0n) is 16.8. The number of hydrogen-bond donors (Lipinski definition) is 2. The fraction of sp³-hybridized carbons (Fsp3) is 0.458. The van der Waals surface area contributed by atoms with Crippen LogP contribution < -0.4 is 11.1 Å². The van der Waals surface area contributed by atoms with Crippen LogP contribution >= 0.6 is 0 Å². The van der Waals surface area contributed by atoms with E-state index >= 15 is 0 Å². The Morgan fingerprint density at radius 2 is 1.81 bits per heavy atom. The number of aryl methyl sites for hydroxylation is 1. The van der Waals surface area contributed by atoms with Gasteiger partial charge in [-0.15, -0.1) is 0 Å². The van der Waals surface area contributed by atoms with Gasteiger partial charge in [0.2, 0.25) is 5.91 Å². The predicted octanol–water partition coefficient (Wildman–Crippen LogP) is 4.56. The molecule has 0 saturated heterocycles. The number of rotatable bonds is 9. The van der Waals surface area contributed by atoms with Crippen LogP contribution in [0, 0.1) is 0 Å². The fourth-order valence-electron chi connectivity index (χ4n) is 4.49. The highest BCUT2D eigenvalue weighted by Crippen LogP contribution is 2.51. The normalized spacial score (nSPS) is 18.8. The summed E-state index contributed by atoms with van der Waals surface area (Å²) < 4.78 is 0. The molecule has 3 heteroatoms. The maximum absolute atomic E-state index is 12.9. The Bertz CT molecular complexity index is 814. The van der Waals surface area contributed by atoms with Gasteiger partial charge in [-0.25, -0.2) is 0 Å². The Labute approximate surface area is 163 Å². The van der Waals surface area contributed by atoms with Crippen molar-refractivity contribution in [3.05, 3.63) is 59.2 Å². The first-order valence-electron chi connectivity index (χ1n) is 10.3. The summed E-state index contributed by atoms with van der Waals surface area (Å²) in [7, 11) is 0. The van der Waals surface area contributed by atoms with Gasteiger partial charge in [-0.2, -0.15) is 0 Å². The Morgan fingerprint density at radius 3 is 2.48 bits per heavy atom. The lowest BCUT2D eigenvalue weighted by Gasteiger charge is -2.30. The second-order valence-corrected chi connectivity index (χ2v) is 7.65. The van der Waals surface area contributed by atoms with E-state index in [1.807, 2.05) is 6.07 Å². The number of hydrogen-bond acceptors (Lipinski definition) is 2. The molecule has 0 fully saturated rings. The number of nitrogens with one attached hydrogen (secondary N) is 1. The molecule has 0 heterocycles. The third kappa shape index (κ3) is 3.41. The second-order valence-electron chi connectivity index (χ2n) is 7.65. The van der Waals surface area contributed by atoms with E-state index in [2.05, 4.69) is 62.5 Å². The van der Waals surface area contributed by atoms with Crippen molar-refractivity contribution in [3.8, 4) is 11.1 Å². The van der Waals surface area contributed by atoms with Crippen LogP contribution in [0.5, 0.6) is 0 Å². The quantitative estimate of drug-likeness (QED) is 0.685. The summed E-state index contributed by atoms with van der Waals surface area (Å²) in [5.74, 6) is -0.233. The maximum atomic E-state index is 12.9. The lowest BCUT2D eigenvalue weighted by Crippen LogP contribution is -2.42. The molecule has 0 bridgehead atoms.